The summed E-state index contributed by atoms with van der Waals surface area (Å²) in [6.07, 6.45) is 0. The maximum absolute atomic E-state index is 12.8. The molecule has 2 heterocycles. The zero-order chi connectivity index (χ0) is 20.9. The third kappa shape index (κ3) is 4.87. The van der Waals surface area contributed by atoms with Crippen molar-refractivity contribution in [2.24, 2.45) is 0 Å². The molecule has 1 aromatic heterocycles. The lowest BCUT2D eigenvalue weighted by Crippen LogP contribution is -2.35. The van der Waals surface area contributed by atoms with E-state index in [2.05, 4.69) is 10.2 Å². The number of anilines is 1. The van der Waals surface area contributed by atoms with E-state index < -0.39 is 0 Å². The number of rotatable bonds is 6. The van der Waals surface area contributed by atoms with Crippen molar-refractivity contribution in [1.29, 1.82) is 0 Å². The fraction of sp³-hybridized carbons (Fsp3) is 0.304. The van der Waals surface area contributed by atoms with Crippen LogP contribution in [0.25, 0.3) is 10.1 Å². The smallest absolute Gasteiger partial charge is 0.348 e. The second kappa shape index (κ2) is 9.38. The first-order valence-electron chi connectivity index (χ1n) is 10.0. The Balaban J connectivity index is 1.46. The SMILES string of the molecule is CCOC(=O)c1cc2cc(NC(=O)c3cccc(CN4CCOCC4)c3)ccc2s1. The van der Waals surface area contributed by atoms with E-state index in [4.69, 9.17) is 9.47 Å². The number of ether oxygens (including phenoxy) is 2. The van der Waals surface area contributed by atoms with Crippen molar-refractivity contribution in [3.05, 3.63) is 64.5 Å². The number of hydrogen-bond donors (Lipinski definition) is 1. The van der Waals surface area contributed by atoms with Crippen LogP contribution in [-0.4, -0.2) is 49.7 Å². The molecule has 1 aliphatic heterocycles. The molecule has 2 aromatic carbocycles. The summed E-state index contributed by atoms with van der Waals surface area (Å²) in [5.41, 5.74) is 2.43. The molecule has 0 atom stereocenters. The average Bonchev–Trinajstić information content (AvgIpc) is 3.18. The second-order valence-electron chi connectivity index (χ2n) is 7.13. The molecule has 0 saturated carbocycles. The summed E-state index contributed by atoms with van der Waals surface area (Å²) in [4.78, 5) is 27.6. The van der Waals surface area contributed by atoms with E-state index in [9.17, 15) is 9.59 Å². The van der Waals surface area contributed by atoms with Gasteiger partial charge in [-0.15, -0.1) is 11.3 Å². The van der Waals surface area contributed by atoms with Gasteiger partial charge in [-0.25, -0.2) is 4.79 Å². The molecule has 0 aliphatic carbocycles. The van der Waals surface area contributed by atoms with Gasteiger partial charge in [-0.05, 0) is 54.3 Å². The van der Waals surface area contributed by atoms with E-state index in [1.165, 1.54) is 11.3 Å². The monoisotopic (exact) mass is 424 g/mol. The Morgan fingerprint density at radius 1 is 1.13 bits per heavy atom. The van der Waals surface area contributed by atoms with Crippen LogP contribution in [0, 0.1) is 0 Å². The number of esters is 1. The van der Waals surface area contributed by atoms with Crippen LogP contribution < -0.4 is 5.32 Å². The third-order valence-corrected chi connectivity index (χ3v) is 6.05. The van der Waals surface area contributed by atoms with Gasteiger partial charge >= 0.3 is 5.97 Å². The maximum Gasteiger partial charge on any atom is 0.348 e. The lowest BCUT2D eigenvalue weighted by atomic mass is 10.1. The minimum atomic E-state index is -0.318. The first-order chi connectivity index (χ1) is 14.6. The number of carbonyl (C=O) groups is 2. The number of carbonyl (C=O) groups excluding carboxylic acids is 2. The molecule has 4 rings (SSSR count). The Morgan fingerprint density at radius 3 is 2.77 bits per heavy atom. The summed E-state index contributed by atoms with van der Waals surface area (Å²) in [7, 11) is 0. The standard InChI is InChI=1S/C23H24N2O4S/c1-2-29-23(27)21-14-18-13-19(6-7-20(18)30-21)24-22(26)17-5-3-4-16(12-17)15-25-8-10-28-11-9-25/h3-7,12-14H,2,8-11,15H2,1H3,(H,24,26). The van der Waals surface area contributed by atoms with E-state index in [-0.39, 0.29) is 11.9 Å². The molecular formula is C23H24N2O4S. The van der Waals surface area contributed by atoms with Gasteiger partial charge in [0.25, 0.3) is 5.91 Å². The summed E-state index contributed by atoms with van der Waals surface area (Å²) in [5.74, 6) is -0.472. The zero-order valence-corrected chi connectivity index (χ0v) is 17.7. The molecule has 0 bridgehead atoms. The minimum Gasteiger partial charge on any atom is -0.462 e. The molecule has 3 aromatic rings. The summed E-state index contributed by atoms with van der Waals surface area (Å²) in [5, 5.41) is 3.87. The Kier molecular flexibility index (Phi) is 6.42. The molecular weight excluding hydrogens is 400 g/mol. The Labute approximate surface area is 179 Å². The number of amides is 1. The van der Waals surface area contributed by atoms with Crippen LogP contribution >= 0.6 is 11.3 Å². The molecule has 0 unspecified atom stereocenters. The van der Waals surface area contributed by atoms with Crippen LogP contribution in [0.3, 0.4) is 0 Å². The molecule has 156 valence electrons. The molecule has 1 saturated heterocycles. The summed E-state index contributed by atoms with van der Waals surface area (Å²) >= 11 is 1.39. The van der Waals surface area contributed by atoms with Crippen molar-refractivity contribution in [2.75, 3.05) is 38.2 Å². The van der Waals surface area contributed by atoms with Crippen molar-refractivity contribution in [1.82, 2.24) is 4.90 Å². The lowest BCUT2D eigenvalue weighted by Gasteiger charge is -2.26. The molecule has 6 nitrogen and oxygen atoms in total. The Hall–Kier alpha value is -2.74. The highest BCUT2D eigenvalue weighted by molar-refractivity contribution is 7.20. The zero-order valence-electron chi connectivity index (χ0n) is 16.8. The van der Waals surface area contributed by atoms with Crippen molar-refractivity contribution in [3.63, 3.8) is 0 Å². The van der Waals surface area contributed by atoms with E-state index in [1.54, 1.807) is 13.0 Å². The van der Waals surface area contributed by atoms with Crippen LogP contribution in [-0.2, 0) is 16.0 Å². The number of morpholine rings is 1. The third-order valence-electron chi connectivity index (χ3n) is 4.95. The molecule has 1 aliphatic rings. The van der Waals surface area contributed by atoms with Gasteiger partial charge in [0.1, 0.15) is 4.88 Å². The van der Waals surface area contributed by atoms with E-state index in [0.717, 1.165) is 48.5 Å². The van der Waals surface area contributed by atoms with Crippen LogP contribution in [0.15, 0.2) is 48.5 Å². The largest absolute Gasteiger partial charge is 0.462 e. The summed E-state index contributed by atoms with van der Waals surface area (Å²) < 4.78 is 11.4. The fourth-order valence-electron chi connectivity index (χ4n) is 3.46. The van der Waals surface area contributed by atoms with Gasteiger partial charge in [-0.1, -0.05) is 12.1 Å². The van der Waals surface area contributed by atoms with Crippen LogP contribution in [0.2, 0.25) is 0 Å². The maximum atomic E-state index is 12.8. The Morgan fingerprint density at radius 2 is 1.97 bits per heavy atom. The van der Waals surface area contributed by atoms with E-state index >= 15 is 0 Å². The summed E-state index contributed by atoms with van der Waals surface area (Å²) in [6, 6.07) is 15.2. The van der Waals surface area contributed by atoms with Crippen LogP contribution in [0.1, 0.15) is 32.5 Å². The molecule has 30 heavy (non-hydrogen) atoms. The number of thiophene rings is 1. The fourth-order valence-corrected chi connectivity index (χ4v) is 4.39. The quantitative estimate of drug-likeness (QED) is 0.602. The summed E-state index contributed by atoms with van der Waals surface area (Å²) in [6.45, 7) is 6.26. The minimum absolute atomic E-state index is 0.154. The average molecular weight is 425 g/mol. The van der Waals surface area contributed by atoms with E-state index in [0.29, 0.717) is 22.7 Å². The van der Waals surface area contributed by atoms with Gasteiger partial charge in [-0.2, -0.15) is 0 Å². The molecule has 1 N–H and O–H groups in total. The lowest BCUT2D eigenvalue weighted by molar-refractivity contribution is 0.0342. The highest BCUT2D eigenvalue weighted by Gasteiger charge is 2.14. The van der Waals surface area contributed by atoms with Gasteiger partial charge in [0, 0.05) is 35.6 Å². The van der Waals surface area contributed by atoms with Crippen molar-refractivity contribution < 1.29 is 19.1 Å². The molecule has 1 amide bonds. The highest BCUT2D eigenvalue weighted by atomic mass is 32.1. The first-order valence-corrected chi connectivity index (χ1v) is 10.8. The van der Waals surface area contributed by atoms with Gasteiger partial charge in [0.2, 0.25) is 0 Å². The number of nitrogens with zero attached hydrogens (tertiary/aromatic N) is 1. The van der Waals surface area contributed by atoms with Crippen molar-refractivity contribution in [3.8, 4) is 0 Å². The van der Waals surface area contributed by atoms with Gasteiger partial charge < -0.3 is 14.8 Å². The number of fused-ring (bicyclic) bond motifs is 1. The highest BCUT2D eigenvalue weighted by Crippen LogP contribution is 2.29. The van der Waals surface area contributed by atoms with Crippen molar-refractivity contribution >= 4 is 39.0 Å². The van der Waals surface area contributed by atoms with Crippen LogP contribution in [0.5, 0.6) is 0 Å². The molecule has 1 fully saturated rings. The topological polar surface area (TPSA) is 67.9 Å². The Bertz CT molecular complexity index is 1060. The predicted molar refractivity (Wildman–Crippen MR) is 118 cm³/mol. The molecule has 7 heteroatoms. The number of hydrogen-bond acceptors (Lipinski definition) is 6. The van der Waals surface area contributed by atoms with Crippen LogP contribution in [0.4, 0.5) is 5.69 Å². The normalized spacial score (nSPS) is 14.6. The number of nitrogens with one attached hydrogen (secondary N) is 1. The van der Waals surface area contributed by atoms with Gasteiger partial charge in [-0.3, -0.25) is 9.69 Å². The first kappa shape index (κ1) is 20.5. The second-order valence-corrected chi connectivity index (χ2v) is 8.21. The molecule has 0 radical (unpaired) electrons. The van der Waals surface area contributed by atoms with Gasteiger partial charge in [0.05, 0.1) is 19.8 Å². The predicted octanol–water partition coefficient (Wildman–Crippen LogP) is 4.16. The van der Waals surface area contributed by atoms with Crippen molar-refractivity contribution in [2.45, 2.75) is 13.5 Å². The van der Waals surface area contributed by atoms with Gasteiger partial charge in [0.15, 0.2) is 0 Å². The number of benzene rings is 2. The van der Waals surface area contributed by atoms with E-state index in [1.807, 2.05) is 42.5 Å². The molecule has 0 spiro atoms.